The van der Waals surface area contributed by atoms with E-state index in [0.717, 1.165) is 0 Å². The van der Waals surface area contributed by atoms with Gasteiger partial charge in [-0.2, -0.15) is 0 Å². The number of thiophene rings is 1. The van der Waals surface area contributed by atoms with Gasteiger partial charge in [0.25, 0.3) is 0 Å². The van der Waals surface area contributed by atoms with Gasteiger partial charge in [0.15, 0.2) is 0 Å². The quantitative estimate of drug-likeness (QED) is 0.620. The first-order valence-corrected chi connectivity index (χ1v) is 6.75. The monoisotopic (exact) mass is 214 g/mol. The minimum atomic E-state index is 1.25. The molecule has 0 fully saturated rings. The molecular formula is C13H26S. The lowest BCUT2D eigenvalue weighted by Gasteiger charge is -1.85. The summed E-state index contributed by atoms with van der Waals surface area (Å²) in [7, 11) is 0. The van der Waals surface area contributed by atoms with E-state index in [0.29, 0.717) is 0 Å². The normalized spacial score (nSPS) is 8.07. The van der Waals surface area contributed by atoms with Crippen LogP contribution in [-0.2, 0) is 6.42 Å². The van der Waals surface area contributed by atoms with Crippen molar-refractivity contribution in [1.29, 1.82) is 0 Å². The highest BCUT2D eigenvalue weighted by Crippen LogP contribution is 2.09. The van der Waals surface area contributed by atoms with E-state index in [1.54, 1.807) is 0 Å². The first kappa shape index (κ1) is 16.1. The fourth-order valence-electron chi connectivity index (χ4n) is 0.701. The van der Waals surface area contributed by atoms with Crippen molar-refractivity contribution in [3.63, 3.8) is 0 Å². The van der Waals surface area contributed by atoms with Crippen LogP contribution in [0.1, 0.15) is 58.8 Å². The zero-order valence-corrected chi connectivity index (χ0v) is 11.3. The predicted octanol–water partition coefficient (Wildman–Crippen LogP) is 5.53. The number of hydrogen-bond acceptors (Lipinski definition) is 1. The lowest BCUT2D eigenvalue weighted by atomic mass is 10.3. The van der Waals surface area contributed by atoms with Crippen LogP contribution in [0.15, 0.2) is 17.5 Å². The van der Waals surface area contributed by atoms with Crippen molar-refractivity contribution < 1.29 is 0 Å². The average molecular weight is 214 g/mol. The van der Waals surface area contributed by atoms with E-state index in [4.69, 9.17) is 0 Å². The van der Waals surface area contributed by atoms with E-state index < -0.39 is 0 Å². The van der Waals surface area contributed by atoms with Gasteiger partial charge in [-0.3, -0.25) is 0 Å². The second-order valence-corrected chi connectivity index (χ2v) is 3.86. The fourth-order valence-corrected chi connectivity index (χ4v) is 1.51. The first-order valence-electron chi connectivity index (χ1n) is 5.87. The van der Waals surface area contributed by atoms with E-state index in [-0.39, 0.29) is 0 Å². The highest BCUT2D eigenvalue weighted by Gasteiger charge is 1.87. The molecule has 0 saturated carbocycles. The van der Waals surface area contributed by atoms with Crippen LogP contribution in [0.5, 0.6) is 0 Å². The van der Waals surface area contributed by atoms with E-state index in [1.165, 1.54) is 30.6 Å². The Morgan fingerprint density at radius 3 is 1.86 bits per heavy atom. The molecule has 1 aromatic heterocycles. The smallest absolute Gasteiger partial charge is 0.00451 e. The Morgan fingerprint density at radius 2 is 1.57 bits per heavy atom. The molecule has 0 atom stereocenters. The van der Waals surface area contributed by atoms with Gasteiger partial charge in [-0.15, -0.1) is 11.3 Å². The summed E-state index contributed by atoms with van der Waals surface area (Å²) in [4.78, 5) is 1.51. The molecule has 0 aliphatic carbocycles. The topological polar surface area (TPSA) is 0 Å². The maximum absolute atomic E-state index is 2.21. The Morgan fingerprint density at radius 1 is 1.00 bits per heavy atom. The molecule has 1 rings (SSSR count). The fraction of sp³-hybridized carbons (Fsp3) is 0.692. The van der Waals surface area contributed by atoms with Gasteiger partial charge in [0.1, 0.15) is 0 Å². The van der Waals surface area contributed by atoms with Crippen molar-refractivity contribution in [2.75, 3.05) is 0 Å². The van der Waals surface area contributed by atoms with Crippen LogP contribution in [0.25, 0.3) is 0 Å². The Labute approximate surface area is 94.4 Å². The average Bonchev–Trinajstić information content (AvgIpc) is 2.75. The van der Waals surface area contributed by atoms with Gasteiger partial charge >= 0.3 is 0 Å². The van der Waals surface area contributed by atoms with Gasteiger partial charge < -0.3 is 0 Å². The summed E-state index contributed by atoms with van der Waals surface area (Å²) in [5, 5.41) is 2.13. The SMILES string of the molecule is CC.CCCC.CCCc1cccs1. The molecule has 0 bridgehead atoms. The Kier molecular flexibility index (Phi) is 17.5. The number of rotatable bonds is 3. The zero-order chi connectivity index (χ0) is 11.2. The van der Waals surface area contributed by atoms with Crippen LogP contribution < -0.4 is 0 Å². The van der Waals surface area contributed by atoms with E-state index in [9.17, 15) is 0 Å². The van der Waals surface area contributed by atoms with Gasteiger partial charge in [0.2, 0.25) is 0 Å². The molecule has 0 amide bonds. The number of unbranched alkanes of at least 4 members (excludes halogenated alkanes) is 1. The highest BCUT2D eigenvalue weighted by atomic mass is 32.1. The molecular weight excluding hydrogens is 188 g/mol. The lowest BCUT2D eigenvalue weighted by molar-refractivity contribution is 0.886. The maximum Gasteiger partial charge on any atom is 0.00451 e. The Balaban J connectivity index is 0. The minimum Gasteiger partial charge on any atom is -0.149 e. The molecule has 0 aliphatic rings. The van der Waals surface area contributed by atoms with Crippen LogP contribution in [0.4, 0.5) is 0 Å². The van der Waals surface area contributed by atoms with Crippen molar-refractivity contribution in [3.8, 4) is 0 Å². The largest absolute Gasteiger partial charge is 0.149 e. The Bertz CT molecular complexity index is 152. The van der Waals surface area contributed by atoms with E-state index in [1.807, 2.05) is 25.2 Å². The van der Waals surface area contributed by atoms with Crippen molar-refractivity contribution in [2.24, 2.45) is 0 Å². The number of hydrogen-bond donors (Lipinski definition) is 0. The van der Waals surface area contributed by atoms with Gasteiger partial charge in [0, 0.05) is 4.88 Å². The molecule has 0 aliphatic heterocycles. The van der Waals surface area contributed by atoms with Crippen LogP contribution in [-0.4, -0.2) is 0 Å². The van der Waals surface area contributed by atoms with Gasteiger partial charge in [-0.1, -0.05) is 59.9 Å². The molecule has 1 aromatic rings. The molecule has 0 spiro atoms. The molecule has 1 heterocycles. The number of aryl methyl sites for hydroxylation is 1. The molecule has 0 saturated heterocycles. The molecule has 84 valence electrons. The third-order valence-corrected chi connectivity index (χ3v) is 2.51. The molecule has 1 heteroatoms. The summed E-state index contributed by atoms with van der Waals surface area (Å²) in [6.07, 6.45) is 5.15. The van der Waals surface area contributed by atoms with E-state index in [2.05, 4.69) is 38.3 Å². The molecule has 0 nitrogen and oxygen atoms in total. The molecule has 0 radical (unpaired) electrons. The van der Waals surface area contributed by atoms with Gasteiger partial charge in [0.05, 0.1) is 0 Å². The van der Waals surface area contributed by atoms with Crippen LogP contribution in [0, 0.1) is 0 Å². The van der Waals surface area contributed by atoms with Crippen LogP contribution in [0.2, 0.25) is 0 Å². The maximum atomic E-state index is 2.21. The first-order chi connectivity index (χ1) is 6.85. The second kappa shape index (κ2) is 15.2. The zero-order valence-electron chi connectivity index (χ0n) is 10.5. The van der Waals surface area contributed by atoms with Crippen molar-refractivity contribution in [2.45, 2.75) is 60.3 Å². The van der Waals surface area contributed by atoms with Gasteiger partial charge in [-0.05, 0) is 17.9 Å². The summed E-state index contributed by atoms with van der Waals surface area (Å²) in [5.41, 5.74) is 0. The van der Waals surface area contributed by atoms with Gasteiger partial charge in [-0.25, -0.2) is 0 Å². The lowest BCUT2D eigenvalue weighted by Crippen LogP contribution is -1.71. The van der Waals surface area contributed by atoms with Crippen molar-refractivity contribution in [3.05, 3.63) is 22.4 Å². The predicted molar refractivity (Wildman–Crippen MR) is 70.2 cm³/mol. The van der Waals surface area contributed by atoms with Crippen molar-refractivity contribution in [1.82, 2.24) is 0 Å². The summed E-state index contributed by atoms with van der Waals surface area (Å²) >= 11 is 1.85. The summed E-state index contributed by atoms with van der Waals surface area (Å²) < 4.78 is 0. The minimum absolute atomic E-state index is 1.25. The molecule has 14 heavy (non-hydrogen) atoms. The summed E-state index contributed by atoms with van der Waals surface area (Å²) in [6, 6.07) is 4.30. The molecule has 0 N–H and O–H groups in total. The molecule has 0 unspecified atom stereocenters. The summed E-state index contributed by atoms with van der Waals surface area (Å²) in [5.74, 6) is 0. The Hall–Kier alpha value is -0.300. The third kappa shape index (κ3) is 11.7. The van der Waals surface area contributed by atoms with E-state index >= 15 is 0 Å². The summed E-state index contributed by atoms with van der Waals surface area (Å²) in [6.45, 7) is 10.6. The highest BCUT2D eigenvalue weighted by molar-refractivity contribution is 7.09. The third-order valence-electron chi connectivity index (χ3n) is 1.58. The molecule has 0 aromatic carbocycles. The second-order valence-electron chi connectivity index (χ2n) is 2.83. The standard InChI is InChI=1S/C7H10S.C4H10.C2H6/c1-2-4-7-5-3-6-8-7;1-3-4-2;1-2/h3,5-6H,2,4H2,1H3;3-4H2,1-2H3;1-2H3. The van der Waals surface area contributed by atoms with Crippen LogP contribution in [0.3, 0.4) is 0 Å². The van der Waals surface area contributed by atoms with Crippen molar-refractivity contribution >= 4 is 11.3 Å². The van der Waals surface area contributed by atoms with Crippen LogP contribution >= 0.6 is 11.3 Å².